The van der Waals surface area contributed by atoms with E-state index in [4.69, 9.17) is 0 Å². The Kier molecular flexibility index (Phi) is 3.31. The number of benzene rings is 1. The lowest BCUT2D eigenvalue weighted by atomic mass is 10.1. The molecule has 0 fully saturated rings. The van der Waals surface area contributed by atoms with Gasteiger partial charge in [0.25, 0.3) is 5.69 Å². The third kappa shape index (κ3) is 2.34. The Labute approximate surface area is 124 Å². The van der Waals surface area contributed by atoms with Gasteiger partial charge in [-0.15, -0.1) is 11.3 Å². The molecule has 21 heavy (non-hydrogen) atoms. The monoisotopic (exact) mass is 300 g/mol. The van der Waals surface area contributed by atoms with Crippen molar-refractivity contribution in [2.75, 3.05) is 0 Å². The Bertz CT molecular complexity index is 848. The van der Waals surface area contributed by atoms with Crippen LogP contribution in [0, 0.1) is 10.1 Å². The molecule has 2 heterocycles. The number of fused-ring (bicyclic) bond motifs is 1. The fourth-order valence-electron chi connectivity index (χ4n) is 2.23. The maximum absolute atomic E-state index is 12.6. The zero-order chi connectivity index (χ0) is 15.0. The zero-order valence-electron chi connectivity index (χ0n) is 11.3. The number of carbonyl (C=O) groups excluding carboxylic acids is 1. The van der Waals surface area contributed by atoms with Crippen LogP contribution in [0.15, 0.2) is 36.5 Å². The van der Waals surface area contributed by atoms with E-state index in [9.17, 15) is 14.9 Å². The van der Waals surface area contributed by atoms with Crippen LogP contribution in [0.25, 0.3) is 10.9 Å². The zero-order valence-corrected chi connectivity index (χ0v) is 12.1. The van der Waals surface area contributed by atoms with Gasteiger partial charge in [-0.1, -0.05) is 6.92 Å². The number of hydrogen-bond acceptors (Lipinski definition) is 4. The fraction of sp³-hybridized carbons (Fsp3) is 0.133. The minimum Gasteiger partial charge on any atom is -0.360 e. The highest BCUT2D eigenvalue weighted by atomic mass is 32.1. The number of nitro groups is 1. The van der Waals surface area contributed by atoms with Crippen molar-refractivity contribution in [2.24, 2.45) is 0 Å². The smallest absolute Gasteiger partial charge is 0.270 e. The van der Waals surface area contributed by atoms with Crippen molar-refractivity contribution in [3.63, 3.8) is 0 Å². The maximum atomic E-state index is 12.6. The molecule has 5 nitrogen and oxygen atoms in total. The van der Waals surface area contributed by atoms with E-state index in [2.05, 4.69) is 4.98 Å². The molecule has 0 saturated carbocycles. The summed E-state index contributed by atoms with van der Waals surface area (Å²) < 4.78 is 0. The lowest BCUT2D eigenvalue weighted by Crippen LogP contribution is -1.97. The van der Waals surface area contributed by atoms with Crippen LogP contribution in [0.4, 0.5) is 5.69 Å². The number of rotatable bonds is 4. The Morgan fingerprint density at radius 1 is 1.33 bits per heavy atom. The van der Waals surface area contributed by atoms with Crippen molar-refractivity contribution >= 4 is 33.7 Å². The molecule has 6 heteroatoms. The van der Waals surface area contributed by atoms with E-state index in [0.29, 0.717) is 15.8 Å². The average molecular weight is 300 g/mol. The van der Waals surface area contributed by atoms with Crippen LogP contribution in [0.1, 0.15) is 27.0 Å². The standard InChI is InChI=1S/C15H12N2O3S/c1-2-10-4-6-14(21-10)15(18)12-8-16-13-5-3-9(17(19)20)7-11(12)13/h3-8,16H,2H2,1H3. The van der Waals surface area contributed by atoms with Crippen molar-refractivity contribution in [1.29, 1.82) is 0 Å². The normalized spacial score (nSPS) is 10.9. The molecular weight excluding hydrogens is 288 g/mol. The number of nitrogens with zero attached hydrogens (tertiary/aromatic N) is 1. The molecule has 0 unspecified atom stereocenters. The summed E-state index contributed by atoms with van der Waals surface area (Å²) in [5, 5.41) is 11.5. The fourth-order valence-corrected chi connectivity index (χ4v) is 3.13. The van der Waals surface area contributed by atoms with Gasteiger partial charge in [0.2, 0.25) is 5.78 Å². The quantitative estimate of drug-likeness (QED) is 0.450. The number of aromatic nitrogens is 1. The van der Waals surface area contributed by atoms with Crippen LogP contribution >= 0.6 is 11.3 Å². The molecule has 3 aromatic rings. The number of nitro benzene ring substituents is 1. The summed E-state index contributed by atoms with van der Waals surface area (Å²) in [6, 6.07) is 8.23. The van der Waals surface area contributed by atoms with Gasteiger partial charge in [-0.25, -0.2) is 0 Å². The van der Waals surface area contributed by atoms with Crippen LogP contribution in [0.5, 0.6) is 0 Å². The SMILES string of the molecule is CCc1ccc(C(=O)c2c[nH]c3ccc([N+](=O)[O-])cc23)s1. The van der Waals surface area contributed by atoms with E-state index in [0.717, 1.165) is 16.8 Å². The molecule has 0 atom stereocenters. The van der Waals surface area contributed by atoms with E-state index in [1.54, 1.807) is 12.3 Å². The molecule has 0 aliphatic heterocycles. The molecule has 1 aromatic carbocycles. The molecule has 0 radical (unpaired) electrons. The highest BCUT2D eigenvalue weighted by Gasteiger charge is 2.18. The van der Waals surface area contributed by atoms with E-state index >= 15 is 0 Å². The minimum atomic E-state index is -0.457. The van der Waals surface area contributed by atoms with Crippen LogP contribution in [-0.2, 0) is 6.42 Å². The molecule has 3 rings (SSSR count). The molecular formula is C15H12N2O3S. The van der Waals surface area contributed by atoms with E-state index in [-0.39, 0.29) is 11.5 Å². The molecule has 0 aliphatic rings. The number of thiophene rings is 1. The summed E-state index contributed by atoms with van der Waals surface area (Å²) in [5.74, 6) is -0.105. The van der Waals surface area contributed by atoms with Crippen molar-refractivity contribution in [3.05, 3.63) is 62.0 Å². The third-order valence-electron chi connectivity index (χ3n) is 3.35. The highest BCUT2D eigenvalue weighted by molar-refractivity contribution is 7.14. The Morgan fingerprint density at radius 3 is 2.81 bits per heavy atom. The van der Waals surface area contributed by atoms with Crippen LogP contribution in [0.2, 0.25) is 0 Å². The van der Waals surface area contributed by atoms with Crippen molar-refractivity contribution in [2.45, 2.75) is 13.3 Å². The van der Waals surface area contributed by atoms with Crippen LogP contribution in [-0.4, -0.2) is 15.7 Å². The first-order valence-corrected chi connectivity index (χ1v) is 7.30. The number of hydrogen-bond donors (Lipinski definition) is 1. The van der Waals surface area contributed by atoms with Gasteiger partial charge in [-0.05, 0) is 24.6 Å². The lowest BCUT2D eigenvalue weighted by Gasteiger charge is -1.97. The van der Waals surface area contributed by atoms with Gasteiger partial charge in [-0.2, -0.15) is 0 Å². The number of ketones is 1. The van der Waals surface area contributed by atoms with Crippen molar-refractivity contribution in [3.8, 4) is 0 Å². The third-order valence-corrected chi connectivity index (χ3v) is 4.58. The first kappa shape index (κ1) is 13.5. The second-order valence-corrected chi connectivity index (χ2v) is 5.81. The van der Waals surface area contributed by atoms with Gasteiger partial charge in [0, 0.05) is 39.7 Å². The van der Waals surface area contributed by atoms with Crippen molar-refractivity contribution in [1.82, 2.24) is 4.98 Å². The second-order valence-electron chi connectivity index (χ2n) is 4.64. The van der Waals surface area contributed by atoms with Gasteiger partial charge >= 0.3 is 0 Å². The van der Waals surface area contributed by atoms with Gasteiger partial charge < -0.3 is 4.98 Å². The van der Waals surface area contributed by atoms with Crippen LogP contribution < -0.4 is 0 Å². The largest absolute Gasteiger partial charge is 0.360 e. The topological polar surface area (TPSA) is 76.0 Å². The predicted octanol–water partition coefficient (Wildman–Crippen LogP) is 3.93. The first-order chi connectivity index (χ1) is 10.1. The summed E-state index contributed by atoms with van der Waals surface area (Å²) >= 11 is 1.46. The number of aryl methyl sites for hydroxylation is 1. The van der Waals surface area contributed by atoms with Gasteiger partial charge in [0.15, 0.2) is 0 Å². The number of carbonyl (C=O) groups is 1. The Balaban J connectivity index is 2.09. The van der Waals surface area contributed by atoms with E-state index in [1.807, 2.05) is 19.1 Å². The summed E-state index contributed by atoms with van der Waals surface area (Å²) in [7, 11) is 0. The summed E-state index contributed by atoms with van der Waals surface area (Å²) in [5.41, 5.74) is 1.17. The minimum absolute atomic E-state index is 0.0171. The van der Waals surface area contributed by atoms with E-state index < -0.39 is 4.92 Å². The molecule has 0 amide bonds. The average Bonchev–Trinajstić information content (AvgIpc) is 3.12. The first-order valence-electron chi connectivity index (χ1n) is 6.49. The van der Waals surface area contributed by atoms with Gasteiger partial charge in [0.05, 0.1) is 9.80 Å². The summed E-state index contributed by atoms with van der Waals surface area (Å²) in [4.78, 5) is 27.7. The number of non-ortho nitro benzene ring substituents is 1. The highest BCUT2D eigenvalue weighted by Crippen LogP contribution is 2.27. The van der Waals surface area contributed by atoms with E-state index in [1.165, 1.54) is 23.5 Å². The molecule has 1 N–H and O–H groups in total. The maximum Gasteiger partial charge on any atom is 0.270 e. The van der Waals surface area contributed by atoms with Crippen LogP contribution in [0.3, 0.4) is 0 Å². The Hall–Kier alpha value is -2.47. The number of nitrogens with one attached hydrogen (secondary N) is 1. The van der Waals surface area contributed by atoms with Gasteiger partial charge in [-0.3, -0.25) is 14.9 Å². The molecule has 106 valence electrons. The number of aromatic amines is 1. The summed E-state index contributed by atoms with van der Waals surface area (Å²) in [6.07, 6.45) is 2.50. The molecule has 2 aromatic heterocycles. The molecule has 0 saturated heterocycles. The number of H-pyrrole nitrogens is 1. The molecule has 0 spiro atoms. The predicted molar refractivity (Wildman–Crippen MR) is 82.1 cm³/mol. The van der Waals surface area contributed by atoms with Gasteiger partial charge in [0.1, 0.15) is 0 Å². The molecule has 0 aliphatic carbocycles. The summed E-state index contributed by atoms with van der Waals surface area (Å²) in [6.45, 7) is 2.04. The Morgan fingerprint density at radius 2 is 2.14 bits per heavy atom. The second kappa shape index (κ2) is 5.14. The lowest BCUT2D eigenvalue weighted by molar-refractivity contribution is -0.384. The van der Waals surface area contributed by atoms with Crippen molar-refractivity contribution < 1.29 is 9.72 Å². The molecule has 0 bridgehead atoms.